The van der Waals surface area contributed by atoms with Gasteiger partial charge in [-0.25, -0.2) is 0 Å². The summed E-state index contributed by atoms with van der Waals surface area (Å²) in [5, 5.41) is 0. The van der Waals surface area contributed by atoms with Crippen molar-refractivity contribution in [2.45, 2.75) is 44.2 Å². The zero-order chi connectivity index (χ0) is 7.61. The quantitative estimate of drug-likeness (QED) is 0.610. The van der Waals surface area contributed by atoms with Crippen molar-refractivity contribution in [3.8, 4) is 0 Å². The van der Waals surface area contributed by atoms with Gasteiger partial charge in [0.2, 0.25) is 0 Å². The summed E-state index contributed by atoms with van der Waals surface area (Å²) in [7, 11) is 0. The molecule has 60 valence electrons. The molecule has 0 heterocycles. The molecule has 0 amide bonds. The molecule has 0 aromatic heterocycles. The minimum atomic E-state index is -0.546. The number of hydrogen-bond donors (Lipinski definition) is 1. The van der Waals surface area contributed by atoms with Gasteiger partial charge in [0.25, 0.3) is 0 Å². The topological polar surface area (TPSA) is 35.2 Å². The van der Waals surface area contributed by atoms with E-state index in [0.717, 1.165) is 25.7 Å². The van der Waals surface area contributed by atoms with Crippen molar-refractivity contribution in [3.05, 3.63) is 0 Å². The van der Waals surface area contributed by atoms with Gasteiger partial charge >= 0.3 is 0 Å². The van der Waals surface area contributed by atoms with Gasteiger partial charge in [0.1, 0.15) is 5.60 Å². The van der Waals surface area contributed by atoms with E-state index in [4.69, 9.17) is 5.73 Å². The van der Waals surface area contributed by atoms with Crippen LogP contribution in [-0.2, 0) is 4.94 Å². The van der Waals surface area contributed by atoms with Gasteiger partial charge in [0.15, 0.2) is 0 Å². The first kappa shape index (κ1) is 7.95. The van der Waals surface area contributed by atoms with Crippen LogP contribution in [0.1, 0.15) is 32.6 Å². The minimum Gasteiger partial charge on any atom is -0.328 e. The fourth-order valence-corrected chi connectivity index (χ4v) is 1.33. The van der Waals surface area contributed by atoms with Crippen molar-refractivity contribution in [1.82, 2.24) is 0 Å². The molecule has 0 aromatic rings. The SMILES string of the molecule is CC1(OF)CCC(N)CC1. The van der Waals surface area contributed by atoms with Gasteiger partial charge in [-0.2, -0.15) is 4.94 Å². The second kappa shape index (κ2) is 2.84. The summed E-state index contributed by atoms with van der Waals surface area (Å²) < 4.78 is 11.8. The minimum absolute atomic E-state index is 0.253. The van der Waals surface area contributed by atoms with Crippen LogP contribution in [0.5, 0.6) is 0 Å². The summed E-state index contributed by atoms with van der Waals surface area (Å²) in [6.45, 7) is 1.79. The molecule has 0 atom stereocenters. The Hall–Kier alpha value is -0.150. The van der Waals surface area contributed by atoms with Gasteiger partial charge < -0.3 is 5.73 Å². The van der Waals surface area contributed by atoms with Crippen LogP contribution < -0.4 is 5.73 Å². The van der Waals surface area contributed by atoms with Crippen LogP contribution in [0.4, 0.5) is 4.53 Å². The Labute approximate surface area is 60.4 Å². The van der Waals surface area contributed by atoms with E-state index in [0.29, 0.717) is 0 Å². The zero-order valence-electron chi connectivity index (χ0n) is 6.27. The lowest BCUT2D eigenvalue weighted by atomic mass is 9.84. The van der Waals surface area contributed by atoms with Gasteiger partial charge in [-0.15, -0.1) is 0 Å². The first-order valence-corrected chi connectivity index (χ1v) is 3.72. The third kappa shape index (κ3) is 1.67. The molecule has 3 heteroatoms. The van der Waals surface area contributed by atoms with E-state index in [1.165, 1.54) is 0 Å². The second-order valence-corrected chi connectivity index (χ2v) is 3.36. The molecule has 1 aliphatic rings. The first-order chi connectivity index (χ1) is 4.66. The average Bonchev–Trinajstić information content (AvgIpc) is 1.96. The molecule has 0 radical (unpaired) electrons. The van der Waals surface area contributed by atoms with Crippen LogP contribution in [-0.4, -0.2) is 11.6 Å². The molecule has 0 saturated heterocycles. The van der Waals surface area contributed by atoms with E-state index in [1.807, 2.05) is 0 Å². The maximum atomic E-state index is 11.8. The molecule has 2 N–H and O–H groups in total. The smallest absolute Gasteiger partial charge is 0.106 e. The number of rotatable bonds is 1. The molecule has 0 aliphatic heterocycles. The Morgan fingerprint density at radius 2 is 2.00 bits per heavy atom. The third-order valence-electron chi connectivity index (χ3n) is 2.27. The molecule has 0 spiro atoms. The highest BCUT2D eigenvalue weighted by atomic mass is 19.3. The predicted octanol–water partition coefficient (Wildman–Crippen LogP) is 1.55. The van der Waals surface area contributed by atoms with E-state index in [-0.39, 0.29) is 6.04 Å². The van der Waals surface area contributed by atoms with Crippen molar-refractivity contribution < 1.29 is 9.47 Å². The van der Waals surface area contributed by atoms with Gasteiger partial charge in [-0.3, -0.25) is 0 Å². The van der Waals surface area contributed by atoms with Gasteiger partial charge in [0.05, 0.1) is 0 Å². The van der Waals surface area contributed by atoms with E-state index in [9.17, 15) is 4.53 Å². The lowest BCUT2D eigenvalue weighted by Crippen LogP contribution is -2.37. The lowest BCUT2D eigenvalue weighted by molar-refractivity contribution is -0.240. The fourth-order valence-electron chi connectivity index (χ4n) is 1.33. The highest BCUT2D eigenvalue weighted by Crippen LogP contribution is 2.30. The molecule has 2 nitrogen and oxygen atoms in total. The van der Waals surface area contributed by atoms with E-state index >= 15 is 0 Å². The summed E-state index contributed by atoms with van der Waals surface area (Å²) >= 11 is 0. The average molecular weight is 147 g/mol. The Balaban J connectivity index is 2.38. The molecular weight excluding hydrogens is 133 g/mol. The molecule has 1 rings (SSSR count). The van der Waals surface area contributed by atoms with Gasteiger partial charge in [0, 0.05) is 6.04 Å². The van der Waals surface area contributed by atoms with Gasteiger partial charge in [-0.1, -0.05) is 0 Å². The maximum absolute atomic E-state index is 11.8. The van der Waals surface area contributed by atoms with Crippen molar-refractivity contribution >= 4 is 0 Å². The number of hydrogen-bond acceptors (Lipinski definition) is 2. The van der Waals surface area contributed by atoms with Crippen LogP contribution in [0, 0.1) is 0 Å². The number of nitrogens with two attached hydrogens (primary N) is 1. The highest BCUT2D eigenvalue weighted by Gasteiger charge is 2.31. The Morgan fingerprint density at radius 3 is 2.40 bits per heavy atom. The third-order valence-corrected chi connectivity index (χ3v) is 2.27. The summed E-state index contributed by atoms with van der Waals surface area (Å²) in [5.41, 5.74) is 5.09. The fraction of sp³-hybridized carbons (Fsp3) is 1.00. The monoisotopic (exact) mass is 147 g/mol. The van der Waals surface area contributed by atoms with Crippen molar-refractivity contribution in [1.29, 1.82) is 0 Å². The Bertz CT molecular complexity index is 110. The largest absolute Gasteiger partial charge is 0.328 e. The molecular formula is C7H14FNO. The molecule has 0 unspecified atom stereocenters. The molecule has 1 saturated carbocycles. The van der Waals surface area contributed by atoms with Crippen LogP contribution in [0.3, 0.4) is 0 Å². The highest BCUT2D eigenvalue weighted by molar-refractivity contribution is 4.83. The summed E-state index contributed by atoms with van der Waals surface area (Å²) in [6.07, 6.45) is 3.23. The maximum Gasteiger partial charge on any atom is 0.106 e. The van der Waals surface area contributed by atoms with Crippen molar-refractivity contribution in [2.24, 2.45) is 5.73 Å². The van der Waals surface area contributed by atoms with Crippen molar-refractivity contribution in [3.63, 3.8) is 0 Å². The molecule has 0 aromatic carbocycles. The van der Waals surface area contributed by atoms with Crippen LogP contribution >= 0.6 is 0 Å². The Kier molecular flexibility index (Phi) is 2.26. The second-order valence-electron chi connectivity index (χ2n) is 3.36. The lowest BCUT2D eigenvalue weighted by Gasteiger charge is -2.31. The summed E-state index contributed by atoms with van der Waals surface area (Å²) in [4.78, 5) is 3.87. The predicted molar refractivity (Wildman–Crippen MR) is 37.0 cm³/mol. The van der Waals surface area contributed by atoms with Crippen LogP contribution in [0.2, 0.25) is 0 Å². The summed E-state index contributed by atoms with van der Waals surface area (Å²) in [5.74, 6) is 0. The summed E-state index contributed by atoms with van der Waals surface area (Å²) in [6, 6.07) is 0.253. The molecule has 1 aliphatic carbocycles. The first-order valence-electron chi connectivity index (χ1n) is 3.72. The van der Waals surface area contributed by atoms with Crippen LogP contribution in [0.15, 0.2) is 0 Å². The molecule has 10 heavy (non-hydrogen) atoms. The van der Waals surface area contributed by atoms with E-state index < -0.39 is 5.60 Å². The Morgan fingerprint density at radius 1 is 1.50 bits per heavy atom. The van der Waals surface area contributed by atoms with Gasteiger partial charge in [-0.05, 0) is 37.1 Å². The standard InChI is InChI=1S/C7H14FNO/c1-7(10-8)4-2-6(9)3-5-7/h6H,2-5,9H2,1H3. The molecule has 1 fully saturated rings. The molecule has 0 bridgehead atoms. The van der Waals surface area contributed by atoms with E-state index in [1.54, 1.807) is 6.92 Å². The zero-order valence-corrected chi connectivity index (χ0v) is 6.27. The normalized spacial score (nSPS) is 41.7. The number of halogens is 1. The van der Waals surface area contributed by atoms with E-state index in [2.05, 4.69) is 4.94 Å². The van der Waals surface area contributed by atoms with Crippen molar-refractivity contribution in [2.75, 3.05) is 0 Å². The van der Waals surface area contributed by atoms with Crippen LogP contribution in [0.25, 0.3) is 0 Å².